The molecule has 0 bridgehead atoms. The van der Waals surface area contributed by atoms with Gasteiger partial charge in [-0.1, -0.05) is 18.6 Å². The zero-order valence-corrected chi connectivity index (χ0v) is 14.7. The number of carboxylic acid groups (broad SMARTS) is 1. The van der Waals surface area contributed by atoms with Gasteiger partial charge in [0.1, 0.15) is 15.5 Å². The molecule has 0 saturated heterocycles. The summed E-state index contributed by atoms with van der Waals surface area (Å²) in [6.45, 7) is 0.806. The van der Waals surface area contributed by atoms with Gasteiger partial charge in [0.15, 0.2) is 0 Å². The normalized spacial score (nSPS) is 14.3. The van der Waals surface area contributed by atoms with Crippen LogP contribution in [0.3, 0.4) is 0 Å². The van der Waals surface area contributed by atoms with Crippen molar-refractivity contribution in [1.82, 2.24) is 15.5 Å². The Hall–Kier alpha value is -2.71. The SMILES string of the molecule is O=C(Nc1[nH]nc2sc(C(=O)O)cc12)c1ccc(CNC2CCC2)cc1. The third-order valence-electron chi connectivity index (χ3n) is 4.62. The quantitative estimate of drug-likeness (QED) is 0.533. The van der Waals surface area contributed by atoms with E-state index in [4.69, 9.17) is 5.11 Å². The molecule has 0 radical (unpaired) electrons. The molecule has 4 rings (SSSR count). The molecule has 4 N–H and O–H groups in total. The number of hydrogen-bond donors (Lipinski definition) is 4. The highest BCUT2D eigenvalue weighted by atomic mass is 32.1. The van der Waals surface area contributed by atoms with Crippen molar-refractivity contribution >= 4 is 39.2 Å². The summed E-state index contributed by atoms with van der Waals surface area (Å²) in [5, 5.41) is 22.7. The highest BCUT2D eigenvalue weighted by molar-refractivity contribution is 7.20. The fraction of sp³-hybridized carbons (Fsp3) is 0.278. The second-order valence-corrected chi connectivity index (χ2v) is 7.42. The van der Waals surface area contributed by atoms with E-state index in [1.54, 1.807) is 12.1 Å². The maximum absolute atomic E-state index is 12.4. The number of benzene rings is 1. The number of rotatable bonds is 6. The summed E-state index contributed by atoms with van der Waals surface area (Å²) in [6.07, 6.45) is 3.78. The molecule has 1 aliphatic rings. The van der Waals surface area contributed by atoms with E-state index in [1.165, 1.54) is 25.3 Å². The van der Waals surface area contributed by atoms with Crippen molar-refractivity contribution < 1.29 is 14.7 Å². The minimum absolute atomic E-state index is 0.190. The number of hydrogen-bond acceptors (Lipinski definition) is 5. The van der Waals surface area contributed by atoms with Crippen LogP contribution in [-0.4, -0.2) is 33.2 Å². The zero-order chi connectivity index (χ0) is 18.1. The van der Waals surface area contributed by atoms with Crippen LogP contribution in [0.5, 0.6) is 0 Å². The standard InChI is InChI=1S/C18H18N4O3S/c23-16(11-6-4-10(5-7-11)9-19-12-2-1-3-12)20-15-13-8-14(18(24)25)26-17(13)22-21-15/h4-8,12,19H,1-3,9H2,(H,24,25)(H2,20,21,22,23). The van der Waals surface area contributed by atoms with E-state index in [9.17, 15) is 9.59 Å². The van der Waals surface area contributed by atoms with Gasteiger partial charge in [0.25, 0.3) is 5.91 Å². The van der Waals surface area contributed by atoms with Gasteiger partial charge in [-0.2, -0.15) is 5.10 Å². The third-order valence-corrected chi connectivity index (χ3v) is 5.63. The number of anilines is 1. The molecule has 1 aromatic carbocycles. The van der Waals surface area contributed by atoms with Crippen LogP contribution in [0.25, 0.3) is 10.2 Å². The number of thiophene rings is 1. The highest BCUT2D eigenvalue weighted by Gasteiger charge is 2.17. The first-order valence-electron chi connectivity index (χ1n) is 8.45. The van der Waals surface area contributed by atoms with E-state index in [2.05, 4.69) is 20.8 Å². The molecular formula is C18H18N4O3S. The van der Waals surface area contributed by atoms with E-state index in [1.807, 2.05) is 12.1 Å². The first-order chi connectivity index (χ1) is 12.6. The fourth-order valence-electron chi connectivity index (χ4n) is 2.85. The van der Waals surface area contributed by atoms with Gasteiger partial charge in [0.05, 0.1) is 5.39 Å². The zero-order valence-electron chi connectivity index (χ0n) is 13.9. The van der Waals surface area contributed by atoms with E-state index < -0.39 is 5.97 Å². The number of nitrogens with zero attached hydrogens (tertiary/aromatic N) is 1. The molecule has 1 saturated carbocycles. The summed E-state index contributed by atoms with van der Waals surface area (Å²) >= 11 is 1.07. The van der Waals surface area contributed by atoms with E-state index >= 15 is 0 Å². The van der Waals surface area contributed by atoms with Crippen molar-refractivity contribution in [2.75, 3.05) is 5.32 Å². The number of H-pyrrole nitrogens is 1. The molecule has 0 atom stereocenters. The van der Waals surface area contributed by atoms with Crippen LogP contribution in [0.1, 0.15) is 44.9 Å². The van der Waals surface area contributed by atoms with Crippen LogP contribution < -0.4 is 10.6 Å². The minimum Gasteiger partial charge on any atom is -0.477 e. The Morgan fingerprint density at radius 3 is 2.69 bits per heavy atom. The van der Waals surface area contributed by atoms with Crippen LogP contribution in [0.4, 0.5) is 5.82 Å². The number of fused-ring (bicyclic) bond motifs is 1. The summed E-state index contributed by atoms with van der Waals surface area (Å²) in [7, 11) is 0. The number of aromatic carboxylic acids is 1. The van der Waals surface area contributed by atoms with E-state index in [0.717, 1.165) is 23.4 Å². The molecule has 1 fully saturated rings. The van der Waals surface area contributed by atoms with Crippen molar-refractivity contribution in [3.8, 4) is 0 Å². The van der Waals surface area contributed by atoms with Gasteiger partial charge >= 0.3 is 5.97 Å². The largest absolute Gasteiger partial charge is 0.477 e. The summed E-state index contributed by atoms with van der Waals surface area (Å²) in [6, 6.07) is 9.60. The Morgan fingerprint density at radius 2 is 2.04 bits per heavy atom. The van der Waals surface area contributed by atoms with Crippen LogP contribution in [0.15, 0.2) is 30.3 Å². The van der Waals surface area contributed by atoms with Crippen molar-refractivity contribution in [2.24, 2.45) is 0 Å². The lowest BCUT2D eigenvalue weighted by Gasteiger charge is -2.26. The van der Waals surface area contributed by atoms with E-state index in [0.29, 0.717) is 27.6 Å². The van der Waals surface area contributed by atoms with Crippen molar-refractivity contribution in [1.29, 1.82) is 0 Å². The Bertz CT molecular complexity index is 957. The van der Waals surface area contributed by atoms with Gasteiger partial charge in [0.2, 0.25) is 0 Å². The monoisotopic (exact) mass is 370 g/mol. The lowest BCUT2D eigenvalue weighted by Crippen LogP contribution is -2.34. The molecule has 1 amide bonds. The molecule has 0 unspecified atom stereocenters. The van der Waals surface area contributed by atoms with Crippen LogP contribution in [-0.2, 0) is 6.54 Å². The van der Waals surface area contributed by atoms with Gasteiger partial charge in [-0.15, -0.1) is 11.3 Å². The summed E-state index contributed by atoms with van der Waals surface area (Å²) < 4.78 is 0. The van der Waals surface area contributed by atoms with Crippen LogP contribution in [0, 0.1) is 0 Å². The third kappa shape index (κ3) is 3.33. The summed E-state index contributed by atoms with van der Waals surface area (Å²) in [4.78, 5) is 24.2. The smallest absolute Gasteiger partial charge is 0.345 e. The first-order valence-corrected chi connectivity index (χ1v) is 9.26. The van der Waals surface area contributed by atoms with Gasteiger partial charge < -0.3 is 15.7 Å². The van der Waals surface area contributed by atoms with Crippen molar-refractivity contribution in [2.45, 2.75) is 31.8 Å². The first kappa shape index (κ1) is 16.7. The second kappa shape index (κ2) is 6.89. The highest BCUT2D eigenvalue weighted by Crippen LogP contribution is 2.29. The molecule has 7 nitrogen and oxygen atoms in total. The van der Waals surface area contributed by atoms with Gasteiger partial charge in [0, 0.05) is 18.2 Å². The fourth-order valence-corrected chi connectivity index (χ4v) is 3.68. The number of carbonyl (C=O) groups excluding carboxylic acids is 1. The average Bonchev–Trinajstić information content (AvgIpc) is 3.16. The molecule has 0 spiro atoms. The molecular weight excluding hydrogens is 352 g/mol. The number of aromatic nitrogens is 2. The number of amides is 1. The van der Waals surface area contributed by atoms with Gasteiger partial charge in [-0.05, 0) is 36.6 Å². The molecule has 2 heterocycles. The minimum atomic E-state index is -1.00. The number of carboxylic acids is 1. The number of nitrogens with one attached hydrogen (secondary N) is 3. The second-order valence-electron chi connectivity index (χ2n) is 6.39. The molecule has 0 aliphatic heterocycles. The lowest BCUT2D eigenvalue weighted by molar-refractivity contribution is 0.0702. The molecule has 8 heteroatoms. The predicted molar refractivity (Wildman–Crippen MR) is 99.8 cm³/mol. The maximum Gasteiger partial charge on any atom is 0.345 e. The number of carbonyl (C=O) groups is 2. The van der Waals surface area contributed by atoms with Crippen molar-refractivity contribution in [3.63, 3.8) is 0 Å². The topological polar surface area (TPSA) is 107 Å². The van der Waals surface area contributed by atoms with Gasteiger partial charge in [-0.25, -0.2) is 4.79 Å². The molecule has 26 heavy (non-hydrogen) atoms. The lowest BCUT2D eigenvalue weighted by atomic mass is 9.93. The Balaban J connectivity index is 1.43. The average molecular weight is 370 g/mol. The Kier molecular flexibility index (Phi) is 4.44. The summed E-state index contributed by atoms with van der Waals surface area (Å²) in [5.74, 6) is -0.863. The molecule has 2 aromatic heterocycles. The molecule has 3 aromatic rings. The van der Waals surface area contributed by atoms with Crippen molar-refractivity contribution in [3.05, 3.63) is 46.3 Å². The number of aromatic amines is 1. The maximum atomic E-state index is 12.4. The molecule has 134 valence electrons. The Morgan fingerprint density at radius 1 is 1.27 bits per heavy atom. The van der Waals surface area contributed by atoms with Gasteiger partial charge in [-0.3, -0.25) is 9.89 Å². The Labute approximate surface area is 153 Å². The predicted octanol–water partition coefficient (Wildman–Crippen LogP) is 3.22. The van der Waals surface area contributed by atoms with E-state index in [-0.39, 0.29) is 10.8 Å². The van der Waals surface area contributed by atoms with Crippen LogP contribution in [0.2, 0.25) is 0 Å². The molecule has 1 aliphatic carbocycles. The van der Waals surface area contributed by atoms with Crippen LogP contribution >= 0.6 is 11.3 Å². The summed E-state index contributed by atoms with van der Waals surface area (Å²) in [5.41, 5.74) is 1.68.